The Balaban J connectivity index is 1.99. The van der Waals surface area contributed by atoms with E-state index in [1.165, 1.54) is 12.8 Å². The number of nitrogens with zero attached hydrogens (tertiary/aromatic N) is 4. The molecule has 0 unspecified atom stereocenters. The van der Waals surface area contributed by atoms with E-state index in [4.69, 9.17) is 4.98 Å². The van der Waals surface area contributed by atoms with E-state index in [1.54, 1.807) is 0 Å². The Morgan fingerprint density at radius 1 is 1.24 bits per heavy atom. The molecule has 2 heterocycles. The van der Waals surface area contributed by atoms with Crippen LogP contribution in [-0.4, -0.2) is 36.3 Å². The van der Waals surface area contributed by atoms with E-state index in [0.717, 1.165) is 30.0 Å². The summed E-state index contributed by atoms with van der Waals surface area (Å²) in [6.45, 7) is 5.06. The van der Waals surface area contributed by atoms with Crippen LogP contribution in [0, 0.1) is 18.3 Å². The van der Waals surface area contributed by atoms with Gasteiger partial charge in [0, 0.05) is 26.2 Å². The van der Waals surface area contributed by atoms with Gasteiger partial charge in [0.15, 0.2) is 0 Å². The fourth-order valence-corrected chi connectivity index (χ4v) is 3.30. The molecule has 1 aliphatic heterocycles. The van der Waals surface area contributed by atoms with Crippen molar-refractivity contribution < 1.29 is 5.11 Å². The minimum absolute atomic E-state index is 0.0202. The first kappa shape index (κ1) is 17.2. The van der Waals surface area contributed by atoms with Gasteiger partial charge in [-0.2, -0.15) is 5.26 Å². The van der Waals surface area contributed by atoms with Crippen molar-refractivity contribution >= 4 is 11.6 Å². The third-order valence-electron chi connectivity index (χ3n) is 4.61. The van der Waals surface area contributed by atoms with Crippen LogP contribution in [0.25, 0.3) is 0 Å². The van der Waals surface area contributed by atoms with Gasteiger partial charge in [-0.15, -0.1) is 0 Å². The fourth-order valence-electron chi connectivity index (χ4n) is 3.30. The van der Waals surface area contributed by atoms with Crippen molar-refractivity contribution in [2.45, 2.75) is 26.3 Å². The van der Waals surface area contributed by atoms with Crippen LogP contribution >= 0.6 is 0 Å². The minimum atomic E-state index is 0.0202. The molecule has 2 aromatic rings. The molecule has 5 nitrogen and oxygen atoms in total. The smallest absolute Gasteiger partial charge is 0.149 e. The van der Waals surface area contributed by atoms with Crippen molar-refractivity contribution in [3.63, 3.8) is 0 Å². The van der Waals surface area contributed by atoms with Gasteiger partial charge in [0.05, 0.1) is 12.2 Å². The summed E-state index contributed by atoms with van der Waals surface area (Å²) in [5.41, 5.74) is 2.66. The summed E-state index contributed by atoms with van der Waals surface area (Å²) < 4.78 is 0. The first-order valence-electron chi connectivity index (χ1n) is 8.79. The van der Waals surface area contributed by atoms with Gasteiger partial charge >= 0.3 is 0 Å². The molecule has 0 aliphatic carbocycles. The number of hydrogen-bond acceptors (Lipinski definition) is 5. The second kappa shape index (κ2) is 8.00. The van der Waals surface area contributed by atoms with Crippen LogP contribution in [0.2, 0.25) is 0 Å². The van der Waals surface area contributed by atoms with Gasteiger partial charge in [-0.3, -0.25) is 0 Å². The SMILES string of the molecule is Cc1cc(N2CCCC2)nc(N(CCO)Cc2ccccc2)c1C#N. The van der Waals surface area contributed by atoms with Crippen molar-refractivity contribution in [2.75, 3.05) is 36.0 Å². The Kier molecular flexibility index (Phi) is 5.52. The Hall–Kier alpha value is -2.58. The summed E-state index contributed by atoms with van der Waals surface area (Å²) in [4.78, 5) is 9.10. The van der Waals surface area contributed by atoms with Gasteiger partial charge < -0.3 is 14.9 Å². The fraction of sp³-hybridized carbons (Fsp3) is 0.400. The molecule has 0 bridgehead atoms. The molecule has 5 heteroatoms. The summed E-state index contributed by atoms with van der Waals surface area (Å²) >= 11 is 0. The number of aliphatic hydroxyl groups is 1. The van der Waals surface area contributed by atoms with Gasteiger partial charge in [0.25, 0.3) is 0 Å². The van der Waals surface area contributed by atoms with Crippen LogP contribution in [0.1, 0.15) is 29.5 Å². The standard InChI is InChI=1S/C20H24N4O/c1-16-13-19(23-9-5-6-10-23)22-20(18(16)14-21)24(11-12-25)15-17-7-3-2-4-8-17/h2-4,7-8,13,25H,5-6,9-12,15H2,1H3. The molecule has 0 atom stereocenters. The molecule has 1 saturated heterocycles. The second-order valence-corrected chi connectivity index (χ2v) is 6.43. The average Bonchev–Trinajstić information content (AvgIpc) is 3.16. The van der Waals surface area contributed by atoms with Crippen LogP contribution in [0.15, 0.2) is 36.4 Å². The van der Waals surface area contributed by atoms with Gasteiger partial charge in [0.2, 0.25) is 0 Å². The third-order valence-corrected chi connectivity index (χ3v) is 4.61. The summed E-state index contributed by atoms with van der Waals surface area (Å²) in [6.07, 6.45) is 2.36. The van der Waals surface area contributed by atoms with Crippen LogP contribution < -0.4 is 9.80 Å². The third kappa shape index (κ3) is 3.92. The number of aromatic nitrogens is 1. The van der Waals surface area contributed by atoms with E-state index in [9.17, 15) is 10.4 Å². The topological polar surface area (TPSA) is 63.4 Å². The first-order chi connectivity index (χ1) is 12.2. The summed E-state index contributed by atoms with van der Waals surface area (Å²) in [6, 6.07) is 14.4. The Bertz CT molecular complexity index is 748. The highest BCUT2D eigenvalue weighted by Crippen LogP contribution is 2.28. The molecule has 0 radical (unpaired) electrons. The van der Waals surface area contributed by atoms with Crippen molar-refractivity contribution in [2.24, 2.45) is 0 Å². The molecule has 1 aromatic heterocycles. The Morgan fingerprint density at radius 2 is 1.96 bits per heavy atom. The van der Waals surface area contributed by atoms with Crippen molar-refractivity contribution in [1.82, 2.24) is 4.98 Å². The molecule has 1 fully saturated rings. The lowest BCUT2D eigenvalue weighted by molar-refractivity contribution is 0.301. The number of rotatable bonds is 6. The van der Waals surface area contributed by atoms with E-state index in [-0.39, 0.29) is 6.61 Å². The van der Waals surface area contributed by atoms with E-state index in [2.05, 4.69) is 11.0 Å². The first-order valence-corrected chi connectivity index (χ1v) is 8.79. The number of anilines is 2. The normalized spacial score (nSPS) is 13.7. The van der Waals surface area contributed by atoms with Crippen LogP contribution in [0.5, 0.6) is 0 Å². The molecule has 1 aromatic carbocycles. The largest absolute Gasteiger partial charge is 0.395 e. The van der Waals surface area contributed by atoms with Crippen molar-refractivity contribution in [3.8, 4) is 6.07 Å². The molecule has 0 spiro atoms. The van der Waals surface area contributed by atoms with Gasteiger partial charge in [-0.1, -0.05) is 30.3 Å². The van der Waals surface area contributed by atoms with Gasteiger partial charge in [-0.05, 0) is 37.0 Å². The molecule has 0 saturated carbocycles. The van der Waals surface area contributed by atoms with Crippen LogP contribution in [-0.2, 0) is 6.54 Å². The molecular weight excluding hydrogens is 312 g/mol. The zero-order valence-corrected chi connectivity index (χ0v) is 14.6. The van der Waals surface area contributed by atoms with E-state index < -0.39 is 0 Å². The maximum absolute atomic E-state index is 9.65. The average molecular weight is 336 g/mol. The van der Waals surface area contributed by atoms with E-state index in [0.29, 0.717) is 24.5 Å². The highest BCUT2D eigenvalue weighted by Gasteiger charge is 2.20. The summed E-state index contributed by atoms with van der Waals surface area (Å²) in [7, 11) is 0. The predicted molar refractivity (Wildman–Crippen MR) is 99.7 cm³/mol. The zero-order valence-electron chi connectivity index (χ0n) is 14.6. The molecule has 25 heavy (non-hydrogen) atoms. The highest BCUT2D eigenvalue weighted by atomic mass is 16.3. The van der Waals surface area contributed by atoms with Crippen LogP contribution in [0.3, 0.4) is 0 Å². The molecule has 130 valence electrons. The lowest BCUT2D eigenvalue weighted by Gasteiger charge is -2.27. The highest BCUT2D eigenvalue weighted by molar-refractivity contribution is 5.63. The number of benzene rings is 1. The number of aliphatic hydroxyl groups excluding tert-OH is 1. The lowest BCUT2D eigenvalue weighted by Crippen LogP contribution is -2.29. The van der Waals surface area contributed by atoms with Gasteiger partial charge in [0.1, 0.15) is 17.7 Å². The maximum atomic E-state index is 9.65. The molecule has 0 amide bonds. The number of aryl methyl sites for hydroxylation is 1. The van der Waals surface area contributed by atoms with E-state index in [1.807, 2.05) is 48.2 Å². The molecule has 3 rings (SSSR count). The quantitative estimate of drug-likeness (QED) is 0.879. The second-order valence-electron chi connectivity index (χ2n) is 6.43. The van der Waals surface area contributed by atoms with E-state index >= 15 is 0 Å². The summed E-state index contributed by atoms with van der Waals surface area (Å²) in [5.74, 6) is 1.60. The van der Waals surface area contributed by atoms with Gasteiger partial charge in [-0.25, -0.2) is 4.98 Å². The monoisotopic (exact) mass is 336 g/mol. The van der Waals surface area contributed by atoms with Crippen LogP contribution in [0.4, 0.5) is 11.6 Å². The molecular formula is C20H24N4O. The predicted octanol–water partition coefficient (Wildman–Crippen LogP) is 2.86. The molecule has 1 aliphatic rings. The lowest BCUT2D eigenvalue weighted by atomic mass is 10.1. The maximum Gasteiger partial charge on any atom is 0.149 e. The Morgan fingerprint density at radius 3 is 2.60 bits per heavy atom. The summed E-state index contributed by atoms with van der Waals surface area (Å²) in [5, 5.41) is 19.2. The number of hydrogen-bond donors (Lipinski definition) is 1. The molecule has 1 N–H and O–H groups in total. The van der Waals surface area contributed by atoms with Crippen molar-refractivity contribution in [1.29, 1.82) is 5.26 Å². The Labute approximate surface area is 149 Å². The minimum Gasteiger partial charge on any atom is -0.395 e. The van der Waals surface area contributed by atoms with Crippen molar-refractivity contribution in [3.05, 3.63) is 53.1 Å². The zero-order chi connectivity index (χ0) is 17.6. The number of pyridine rings is 1. The number of nitriles is 1.